The fraction of sp³-hybridized carbons (Fsp3) is 0.851. The van der Waals surface area contributed by atoms with Crippen LogP contribution in [0.1, 0.15) is 108 Å². The molecule has 18 atom stereocenters. The number of esters is 1. The van der Waals surface area contributed by atoms with Crippen molar-refractivity contribution in [2.45, 2.75) is 203 Å². The van der Waals surface area contributed by atoms with E-state index in [2.05, 4.69) is 16.0 Å². The number of carbonyl (C=O) groups excluding carboxylic acids is 1. The Morgan fingerprint density at radius 2 is 1.62 bits per heavy atom. The summed E-state index contributed by atoms with van der Waals surface area (Å²) in [7, 11) is -0.424. The standard InChI is InChI=1S/C47H83N3O14S/c1-15-21-49-26-47(55)32(8)60-37(24-45(47,10)58-13)63-38-29(5)41(64-43-39(33(48-12)22-28(4)59-43)61-34-19-17-18-20-35(34)65(14,56)57)44(9,53)23-27(3)25-50-31(7)40(51)46(11,54)36(16-2)62-42(52)30(38)6/h17-20,27-33,36-41,43,48-51,53-55H,15-16,21-26H2,1-14H3/t27-,28-,29+,30-,31-,32+,33+,36-,37+,38+,39-,40-,41-,43+,44-,45-,46-,47+/m1/s1. The maximum atomic E-state index is 14.6. The zero-order chi connectivity index (χ0) is 48.9. The Bertz CT molecular complexity index is 1790. The first kappa shape index (κ1) is 55.6. The van der Waals surface area contributed by atoms with Crippen LogP contribution >= 0.6 is 0 Å². The molecule has 3 aliphatic rings. The number of hydrogen-bond acceptors (Lipinski definition) is 17. The van der Waals surface area contributed by atoms with Crippen molar-refractivity contribution in [3.05, 3.63) is 24.3 Å². The lowest BCUT2D eigenvalue weighted by molar-refractivity contribution is -0.335. The minimum Gasteiger partial charge on any atom is -0.482 e. The van der Waals surface area contributed by atoms with Gasteiger partial charge in [0.15, 0.2) is 28.5 Å². The maximum Gasteiger partial charge on any atom is 0.311 e. The molecule has 0 aromatic heterocycles. The minimum absolute atomic E-state index is 0.00913. The van der Waals surface area contributed by atoms with Gasteiger partial charge in [-0.05, 0) is 112 Å². The van der Waals surface area contributed by atoms with E-state index in [1.165, 1.54) is 20.1 Å². The minimum atomic E-state index is -3.71. The van der Waals surface area contributed by atoms with Gasteiger partial charge in [-0.1, -0.05) is 39.8 Å². The van der Waals surface area contributed by atoms with E-state index in [4.69, 9.17) is 33.2 Å². The van der Waals surface area contributed by atoms with Crippen LogP contribution in [0.2, 0.25) is 0 Å². The fourth-order valence-corrected chi connectivity index (χ4v) is 10.9. The third-order valence-corrected chi connectivity index (χ3v) is 15.4. The largest absolute Gasteiger partial charge is 0.482 e. The second-order valence-corrected chi connectivity index (χ2v) is 21.9. The molecule has 0 bridgehead atoms. The number of ether oxygens (including phenoxy) is 7. The van der Waals surface area contributed by atoms with Crippen LogP contribution in [0.15, 0.2) is 29.2 Å². The average Bonchev–Trinajstić information content (AvgIpc) is 3.23. The lowest BCUT2D eigenvalue weighted by Crippen LogP contribution is -2.70. The van der Waals surface area contributed by atoms with E-state index in [0.29, 0.717) is 19.5 Å². The van der Waals surface area contributed by atoms with Gasteiger partial charge in [0.05, 0.1) is 42.0 Å². The summed E-state index contributed by atoms with van der Waals surface area (Å²) in [6.45, 7) is 20.6. The number of methoxy groups -OCH3 is 1. The van der Waals surface area contributed by atoms with Crippen molar-refractivity contribution < 1.29 is 66.8 Å². The highest BCUT2D eigenvalue weighted by Crippen LogP contribution is 2.43. The highest BCUT2D eigenvalue weighted by Gasteiger charge is 2.58. The van der Waals surface area contributed by atoms with Gasteiger partial charge in [0.25, 0.3) is 0 Å². The molecule has 3 aliphatic heterocycles. The summed E-state index contributed by atoms with van der Waals surface area (Å²) in [4.78, 5) is 14.6. The van der Waals surface area contributed by atoms with Gasteiger partial charge in [0.1, 0.15) is 39.7 Å². The third kappa shape index (κ3) is 12.8. The highest BCUT2D eigenvalue weighted by atomic mass is 32.2. The predicted molar refractivity (Wildman–Crippen MR) is 245 cm³/mol. The molecule has 4 rings (SSSR count). The molecule has 3 saturated heterocycles. The van der Waals surface area contributed by atoms with Crippen molar-refractivity contribution in [3.8, 4) is 5.75 Å². The molecule has 1 aromatic rings. The number of carbonyl (C=O) groups is 1. The van der Waals surface area contributed by atoms with Crippen LogP contribution in [0.3, 0.4) is 0 Å². The van der Waals surface area contributed by atoms with Crippen LogP contribution in [-0.2, 0) is 43.1 Å². The second-order valence-electron chi connectivity index (χ2n) is 19.9. The van der Waals surface area contributed by atoms with E-state index in [9.17, 15) is 33.6 Å². The monoisotopic (exact) mass is 946 g/mol. The van der Waals surface area contributed by atoms with Gasteiger partial charge in [-0.3, -0.25) is 4.79 Å². The molecule has 0 radical (unpaired) electrons. The van der Waals surface area contributed by atoms with E-state index in [0.717, 1.165) is 12.7 Å². The Morgan fingerprint density at radius 1 is 0.954 bits per heavy atom. The molecule has 7 N–H and O–H groups in total. The van der Waals surface area contributed by atoms with Gasteiger partial charge in [0, 0.05) is 38.3 Å². The van der Waals surface area contributed by atoms with Crippen molar-refractivity contribution >= 4 is 15.8 Å². The molecular formula is C47H83N3O14S. The molecule has 376 valence electrons. The smallest absolute Gasteiger partial charge is 0.311 e. The van der Waals surface area contributed by atoms with Gasteiger partial charge in [-0.25, -0.2) is 8.42 Å². The zero-order valence-corrected chi connectivity index (χ0v) is 42.1. The Labute approximate surface area is 388 Å². The molecule has 0 unspecified atom stereocenters. The van der Waals surface area contributed by atoms with Gasteiger partial charge in [0.2, 0.25) is 0 Å². The quantitative estimate of drug-likeness (QED) is 0.105. The maximum absolute atomic E-state index is 14.6. The number of aliphatic hydroxyl groups is 4. The summed E-state index contributed by atoms with van der Waals surface area (Å²) in [5.41, 5.74) is -6.20. The first-order valence-corrected chi connectivity index (χ1v) is 25.4. The summed E-state index contributed by atoms with van der Waals surface area (Å²) < 4.78 is 71.6. The van der Waals surface area contributed by atoms with E-state index in [1.54, 1.807) is 73.7 Å². The highest BCUT2D eigenvalue weighted by molar-refractivity contribution is 7.90. The van der Waals surface area contributed by atoms with Crippen LogP contribution in [0, 0.1) is 17.8 Å². The number of sulfone groups is 1. The lowest BCUT2D eigenvalue weighted by atomic mass is 9.75. The van der Waals surface area contributed by atoms with Crippen LogP contribution in [0.4, 0.5) is 0 Å². The van der Waals surface area contributed by atoms with E-state index >= 15 is 0 Å². The topological polar surface area (TPSA) is 233 Å². The zero-order valence-electron chi connectivity index (χ0n) is 41.3. The lowest BCUT2D eigenvalue weighted by Gasteiger charge is -2.53. The van der Waals surface area contributed by atoms with E-state index in [1.807, 2.05) is 20.8 Å². The number of cyclic esters (lactones) is 1. The van der Waals surface area contributed by atoms with Crippen LogP contribution in [0.5, 0.6) is 5.75 Å². The first-order chi connectivity index (χ1) is 30.2. The number of benzene rings is 1. The molecule has 0 aliphatic carbocycles. The molecule has 1 aromatic carbocycles. The van der Waals surface area contributed by atoms with E-state index < -0.39 is 111 Å². The van der Waals surface area contributed by atoms with Crippen molar-refractivity contribution in [1.29, 1.82) is 0 Å². The van der Waals surface area contributed by atoms with Crippen LogP contribution < -0.4 is 20.7 Å². The molecular weight excluding hydrogens is 863 g/mol. The molecule has 3 heterocycles. The van der Waals surface area contributed by atoms with Crippen molar-refractivity contribution in [2.24, 2.45) is 17.8 Å². The molecule has 18 heteroatoms. The average molecular weight is 946 g/mol. The number of nitrogens with one attached hydrogen (secondary N) is 3. The molecule has 65 heavy (non-hydrogen) atoms. The Morgan fingerprint density at radius 3 is 2.22 bits per heavy atom. The van der Waals surface area contributed by atoms with Gasteiger partial charge >= 0.3 is 5.97 Å². The van der Waals surface area contributed by atoms with Crippen molar-refractivity contribution in [2.75, 3.05) is 40.0 Å². The Kier molecular flexibility index (Phi) is 19.3. The molecule has 0 spiro atoms. The first-order valence-electron chi connectivity index (χ1n) is 23.5. The van der Waals surface area contributed by atoms with Crippen molar-refractivity contribution in [3.63, 3.8) is 0 Å². The van der Waals surface area contributed by atoms with E-state index in [-0.39, 0.29) is 48.5 Å². The number of aliphatic hydroxyl groups excluding tert-OH is 1. The fourth-order valence-electron chi connectivity index (χ4n) is 10.1. The predicted octanol–water partition coefficient (Wildman–Crippen LogP) is 3.08. The number of para-hydroxylation sites is 1. The second kappa shape index (κ2) is 22.6. The van der Waals surface area contributed by atoms with Crippen LogP contribution in [-0.4, -0.2) is 165 Å². The Hall–Kier alpha value is -2.04. The van der Waals surface area contributed by atoms with Crippen LogP contribution in [0.25, 0.3) is 0 Å². The number of likely N-dealkylation sites (N-methyl/N-ethyl adjacent to an activating group) is 1. The normalized spacial score (nSPS) is 43.0. The Balaban J connectivity index is 1.88. The molecule has 0 saturated carbocycles. The summed E-state index contributed by atoms with van der Waals surface area (Å²) in [6, 6.07) is 5.30. The SMILES string of the molecule is CCCNC[C@]1(O)[C@H](C)O[C@@H](O[C@H]2[C@H](C)[C@@H](O[C@@H]3O[C@H](C)C[C@H](NC)[C@H]3Oc3ccccc3S(C)(=O)=O)[C@](C)(O)C[C@@H](C)CN[C@H](C)[C@@H](O)[C@](C)(O)[C@@H](CC)OC(=O)[C@@H]2C)C[C@@]1(C)OC. The number of rotatable bonds is 14. The third-order valence-electron chi connectivity index (χ3n) is 14.2. The summed E-state index contributed by atoms with van der Waals surface area (Å²) in [5.74, 6) is -2.83. The summed E-state index contributed by atoms with van der Waals surface area (Å²) >= 11 is 0. The molecule has 3 fully saturated rings. The molecule has 17 nitrogen and oxygen atoms in total. The van der Waals surface area contributed by atoms with Gasteiger partial charge < -0.3 is 69.5 Å². The van der Waals surface area contributed by atoms with Crippen molar-refractivity contribution in [1.82, 2.24) is 16.0 Å². The van der Waals surface area contributed by atoms with Gasteiger partial charge in [-0.15, -0.1) is 0 Å². The summed E-state index contributed by atoms with van der Waals surface area (Å²) in [6.07, 6.45) is -6.29. The summed E-state index contributed by atoms with van der Waals surface area (Å²) in [5, 5.41) is 58.2. The molecule has 0 amide bonds. The number of hydrogen-bond donors (Lipinski definition) is 7. The van der Waals surface area contributed by atoms with Gasteiger partial charge in [-0.2, -0.15) is 0 Å².